The molecule has 2 rings (SSSR count). The number of oxazole rings is 1. The van der Waals surface area contributed by atoms with Crippen LogP contribution in [0.5, 0.6) is 0 Å². The Bertz CT molecular complexity index is 567. The van der Waals surface area contributed by atoms with Crippen LogP contribution in [0.3, 0.4) is 0 Å². The van der Waals surface area contributed by atoms with Crippen LogP contribution in [-0.4, -0.2) is 16.4 Å². The Kier molecular flexibility index (Phi) is 2.63. The predicted molar refractivity (Wildman–Crippen MR) is 65.6 cm³/mol. The highest BCUT2D eigenvalue weighted by atomic mass is 16.3. The number of aromatic nitrogens is 1. The molecule has 1 aromatic heterocycles. The van der Waals surface area contributed by atoms with E-state index >= 15 is 0 Å². The van der Waals surface area contributed by atoms with Crippen molar-refractivity contribution in [2.45, 2.75) is 26.3 Å². The number of benzene rings is 1. The van der Waals surface area contributed by atoms with Crippen molar-refractivity contribution in [1.29, 1.82) is 0 Å². The van der Waals surface area contributed by atoms with Gasteiger partial charge in [0.15, 0.2) is 11.5 Å². The average Bonchev–Trinajstić information content (AvgIpc) is 2.55. The molecular formula is C12H15N3O2. The number of nitrogens with two attached hydrogens (primary N) is 1. The van der Waals surface area contributed by atoms with Crippen LogP contribution in [-0.2, 0) is 4.79 Å². The molecular weight excluding hydrogens is 218 g/mol. The number of nitrogens with zero attached hydrogens (tertiary/aromatic N) is 1. The molecule has 17 heavy (non-hydrogen) atoms. The molecule has 0 aliphatic carbocycles. The minimum Gasteiger partial charge on any atom is -0.441 e. The van der Waals surface area contributed by atoms with E-state index in [9.17, 15) is 4.79 Å². The smallest absolute Gasteiger partial charge is 0.243 e. The number of aryl methyl sites for hydroxylation is 1. The molecule has 0 aliphatic heterocycles. The lowest BCUT2D eigenvalue weighted by Crippen LogP contribution is -2.45. The Labute approximate surface area is 99.0 Å². The topological polar surface area (TPSA) is 81.2 Å². The summed E-state index contributed by atoms with van der Waals surface area (Å²) in [6.45, 7) is 5.08. The third-order valence-corrected chi connectivity index (χ3v) is 2.34. The fraction of sp³-hybridized carbons (Fsp3) is 0.333. The van der Waals surface area contributed by atoms with E-state index in [0.717, 1.165) is 5.52 Å². The molecule has 0 saturated carbocycles. The minimum atomic E-state index is -0.910. The molecule has 3 N–H and O–H groups in total. The van der Waals surface area contributed by atoms with E-state index < -0.39 is 5.54 Å². The zero-order valence-electron chi connectivity index (χ0n) is 10.1. The maximum atomic E-state index is 11.7. The quantitative estimate of drug-likeness (QED) is 0.828. The van der Waals surface area contributed by atoms with Crippen LogP contribution in [0.15, 0.2) is 22.6 Å². The summed E-state index contributed by atoms with van der Waals surface area (Å²) in [7, 11) is 0. The number of nitrogens with one attached hydrogen (secondary N) is 1. The van der Waals surface area contributed by atoms with Gasteiger partial charge in [-0.3, -0.25) is 4.79 Å². The first-order chi connectivity index (χ1) is 7.86. The zero-order chi connectivity index (χ0) is 12.6. The number of fused-ring (bicyclic) bond motifs is 1. The van der Waals surface area contributed by atoms with Gasteiger partial charge < -0.3 is 15.5 Å². The van der Waals surface area contributed by atoms with Gasteiger partial charge in [-0.25, -0.2) is 4.98 Å². The summed E-state index contributed by atoms with van der Waals surface area (Å²) in [5, 5.41) is 2.73. The van der Waals surface area contributed by atoms with Gasteiger partial charge in [0.05, 0.1) is 5.54 Å². The zero-order valence-corrected chi connectivity index (χ0v) is 10.1. The van der Waals surface area contributed by atoms with Crippen LogP contribution in [0.4, 0.5) is 5.69 Å². The van der Waals surface area contributed by atoms with Crippen LogP contribution in [0, 0.1) is 6.92 Å². The lowest BCUT2D eigenvalue weighted by atomic mass is 10.1. The molecule has 0 saturated heterocycles. The maximum absolute atomic E-state index is 11.7. The van der Waals surface area contributed by atoms with Crippen molar-refractivity contribution in [3.05, 3.63) is 24.1 Å². The number of hydrogen-bond donors (Lipinski definition) is 2. The van der Waals surface area contributed by atoms with Crippen LogP contribution >= 0.6 is 0 Å². The van der Waals surface area contributed by atoms with Gasteiger partial charge >= 0.3 is 0 Å². The van der Waals surface area contributed by atoms with Crippen LogP contribution in [0.2, 0.25) is 0 Å². The number of anilines is 1. The lowest BCUT2D eigenvalue weighted by molar-refractivity contribution is -0.120. The molecule has 0 bridgehead atoms. The minimum absolute atomic E-state index is 0.243. The van der Waals surface area contributed by atoms with Crippen LogP contribution in [0.25, 0.3) is 11.1 Å². The Hall–Kier alpha value is -1.88. The van der Waals surface area contributed by atoms with Gasteiger partial charge in [-0.15, -0.1) is 0 Å². The largest absolute Gasteiger partial charge is 0.441 e. The first-order valence-corrected chi connectivity index (χ1v) is 5.34. The van der Waals surface area contributed by atoms with Crippen LogP contribution in [0.1, 0.15) is 19.7 Å². The second-order valence-electron chi connectivity index (χ2n) is 4.59. The van der Waals surface area contributed by atoms with Gasteiger partial charge in [0.2, 0.25) is 5.91 Å². The van der Waals surface area contributed by atoms with E-state index in [1.807, 2.05) is 0 Å². The highest BCUT2D eigenvalue weighted by Crippen LogP contribution is 2.20. The van der Waals surface area contributed by atoms with Crippen molar-refractivity contribution in [2.24, 2.45) is 5.73 Å². The second-order valence-corrected chi connectivity index (χ2v) is 4.59. The summed E-state index contributed by atoms with van der Waals surface area (Å²) < 4.78 is 5.38. The number of hydrogen-bond acceptors (Lipinski definition) is 4. The van der Waals surface area contributed by atoms with Crippen molar-refractivity contribution in [3.8, 4) is 0 Å². The van der Waals surface area contributed by atoms with E-state index in [0.29, 0.717) is 17.2 Å². The number of amides is 1. The second kappa shape index (κ2) is 3.85. The van der Waals surface area contributed by atoms with E-state index in [1.165, 1.54) is 0 Å². The van der Waals surface area contributed by atoms with E-state index in [4.69, 9.17) is 10.2 Å². The third-order valence-electron chi connectivity index (χ3n) is 2.34. The number of carbonyl (C=O) groups excluding carboxylic acids is 1. The van der Waals surface area contributed by atoms with Crippen molar-refractivity contribution >= 4 is 22.7 Å². The van der Waals surface area contributed by atoms with Crippen molar-refractivity contribution in [2.75, 3.05) is 5.32 Å². The third kappa shape index (κ3) is 2.45. The SMILES string of the molecule is Cc1nc2ccc(NC(=O)C(C)(C)N)cc2o1. The van der Waals surface area contributed by atoms with E-state index in [-0.39, 0.29) is 5.91 Å². The fourth-order valence-corrected chi connectivity index (χ4v) is 1.41. The monoisotopic (exact) mass is 233 g/mol. The van der Waals surface area contributed by atoms with Gasteiger partial charge in [0.25, 0.3) is 0 Å². The average molecular weight is 233 g/mol. The molecule has 5 nitrogen and oxygen atoms in total. The summed E-state index contributed by atoms with van der Waals surface area (Å²) >= 11 is 0. The van der Waals surface area contributed by atoms with Gasteiger partial charge in [0.1, 0.15) is 5.52 Å². The van der Waals surface area contributed by atoms with Gasteiger partial charge in [0, 0.05) is 18.7 Å². The molecule has 1 amide bonds. The molecule has 1 heterocycles. The van der Waals surface area contributed by atoms with E-state index in [2.05, 4.69) is 10.3 Å². The predicted octanol–water partition coefficient (Wildman–Crippen LogP) is 1.81. The molecule has 0 aliphatic rings. The molecule has 2 aromatic rings. The summed E-state index contributed by atoms with van der Waals surface area (Å²) in [6, 6.07) is 5.30. The Morgan fingerprint density at radius 2 is 2.18 bits per heavy atom. The van der Waals surface area contributed by atoms with Crippen LogP contribution < -0.4 is 11.1 Å². The highest BCUT2D eigenvalue weighted by molar-refractivity contribution is 5.98. The molecule has 0 spiro atoms. The molecule has 1 aromatic carbocycles. The number of rotatable bonds is 2. The standard InChI is InChI=1S/C12H15N3O2/c1-7-14-9-5-4-8(6-10(9)17-7)15-11(16)12(2,3)13/h4-6H,13H2,1-3H3,(H,15,16). The normalized spacial score (nSPS) is 11.8. The van der Waals surface area contributed by atoms with E-state index in [1.54, 1.807) is 39.0 Å². The Morgan fingerprint density at radius 3 is 2.82 bits per heavy atom. The molecule has 0 fully saturated rings. The highest BCUT2D eigenvalue weighted by Gasteiger charge is 2.21. The molecule has 0 unspecified atom stereocenters. The summed E-state index contributed by atoms with van der Waals surface area (Å²) in [5.74, 6) is 0.357. The maximum Gasteiger partial charge on any atom is 0.243 e. The van der Waals surface area contributed by atoms with Gasteiger partial charge in [-0.1, -0.05) is 0 Å². The lowest BCUT2D eigenvalue weighted by Gasteiger charge is -2.17. The fourth-order valence-electron chi connectivity index (χ4n) is 1.41. The summed E-state index contributed by atoms with van der Waals surface area (Å²) in [4.78, 5) is 15.9. The summed E-state index contributed by atoms with van der Waals surface area (Å²) in [5.41, 5.74) is 6.85. The van der Waals surface area contributed by atoms with Crippen molar-refractivity contribution < 1.29 is 9.21 Å². The first-order valence-electron chi connectivity index (χ1n) is 5.34. The number of carbonyl (C=O) groups is 1. The van der Waals surface area contributed by atoms with Gasteiger partial charge in [-0.2, -0.15) is 0 Å². The van der Waals surface area contributed by atoms with Crippen molar-refractivity contribution in [1.82, 2.24) is 4.98 Å². The van der Waals surface area contributed by atoms with Gasteiger partial charge in [-0.05, 0) is 26.0 Å². The summed E-state index contributed by atoms with van der Waals surface area (Å²) in [6.07, 6.45) is 0. The molecule has 0 radical (unpaired) electrons. The Morgan fingerprint density at radius 1 is 1.47 bits per heavy atom. The molecule has 0 atom stereocenters. The Balaban J connectivity index is 2.28. The molecule has 5 heteroatoms. The first kappa shape index (κ1) is 11.6. The van der Waals surface area contributed by atoms with Crippen molar-refractivity contribution in [3.63, 3.8) is 0 Å². The molecule has 90 valence electrons.